The van der Waals surface area contributed by atoms with Crippen molar-refractivity contribution in [1.29, 1.82) is 0 Å². The maximum atomic E-state index is 12.8. The molecule has 13 rings (SSSR count). The van der Waals surface area contributed by atoms with Gasteiger partial charge < -0.3 is 26.2 Å². The Hall–Kier alpha value is -4.53. The SMILES string of the molecule is CCCCCCBr.CCCCCCOc1cccc(C(=O)c2ccc(-c3ccccc3)cc2)c1.CCCCCCOc1cccc(I)c1.O=C(Cl)c1ccc(-c2ccccc2)cc1.O=CO[O-].Oc1cccc(I)c1.[Cl][Ni][Cl].[H-].[K+].[K+].c1ccc(P(c2ccccc2)c2ccccc2)cc1.c1ccc(P(c2ccccc2)c2ccccc2)cc1. The zero-order valence-electron chi connectivity index (χ0n) is 68.6. The zero-order valence-corrected chi connectivity index (χ0v) is 84.8. The van der Waals surface area contributed by atoms with Crippen molar-refractivity contribution in [2.24, 2.45) is 0 Å². The number of carbonyl (C=O) groups is 3. The minimum Gasteiger partial charge on any atom is -1.00 e. The number of hydrogen-bond acceptors (Lipinski definition) is 8. The Kier molecular flexibility index (Phi) is 63.7. The van der Waals surface area contributed by atoms with Crippen LogP contribution in [0.3, 0.4) is 0 Å². The average Bonchev–Trinajstić information content (AvgIpc) is 0.831. The fourth-order valence-corrected chi connectivity index (χ4v) is 17.3. The number of phenolic OH excluding ortho intramolecular Hbond substituents is 1. The number of rotatable bonds is 28. The van der Waals surface area contributed by atoms with Gasteiger partial charge in [-0.1, -0.05) is 398 Å². The second kappa shape index (κ2) is 69.8. The summed E-state index contributed by atoms with van der Waals surface area (Å²) in [7, 11) is 8.51. The number of aromatic hydroxyl groups is 1. The van der Waals surface area contributed by atoms with Crippen LogP contribution in [0.1, 0.15) is 126 Å². The van der Waals surface area contributed by atoms with Gasteiger partial charge in [-0.05, 0) is 207 Å². The Bertz CT molecular complexity index is 4360. The molecule has 0 aromatic heterocycles. The van der Waals surface area contributed by atoms with Crippen molar-refractivity contribution in [2.75, 3.05) is 18.5 Å². The quantitative estimate of drug-likeness (QED) is 0.00492. The van der Waals surface area contributed by atoms with Crippen molar-refractivity contribution in [3.8, 4) is 39.5 Å². The molecule has 0 aliphatic rings. The van der Waals surface area contributed by atoms with E-state index in [1.54, 1.807) is 24.3 Å². The molecule has 0 aliphatic carbocycles. The number of carbonyl (C=O) groups excluding carboxylic acids is 3. The first-order chi connectivity index (χ1) is 56.8. The molecule has 13 aromatic rings. The number of alkyl halides is 1. The summed E-state index contributed by atoms with van der Waals surface area (Å²) in [5, 5.41) is 26.4. The molecule has 8 nitrogen and oxygen atoms in total. The molecule has 0 heterocycles. The molecule has 118 heavy (non-hydrogen) atoms. The Morgan fingerprint density at radius 3 is 0.966 bits per heavy atom. The summed E-state index contributed by atoms with van der Waals surface area (Å²) in [6.07, 6.45) is 15.2. The van der Waals surface area contributed by atoms with E-state index in [1.165, 1.54) is 111 Å². The molecule has 1 N–H and O–H groups in total. The summed E-state index contributed by atoms with van der Waals surface area (Å²) in [5.41, 5.74) is 6.34. The topological polar surface area (TPSA) is 122 Å². The third-order valence-corrected chi connectivity index (χ3v) is 23.8. The number of benzene rings is 13. The minimum absolute atomic E-state index is 0. The van der Waals surface area contributed by atoms with E-state index in [9.17, 15) is 9.59 Å². The number of ether oxygens (including phenoxy) is 2. The Morgan fingerprint density at radius 2 is 0.678 bits per heavy atom. The first kappa shape index (κ1) is 108. The predicted molar refractivity (Wildman–Crippen MR) is 511 cm³/mol. The molecule has 19 heteroatoms. The Balaban J connectivity index is 0.000000477. The van der Waals surface area contributed by atoms with Crippen LogP contribution in [-0.4, -0.2) is 41.1 Å². The molecule has 0 atom stereocenters. The summed E-state index contributed by atoms with van der Waals surface area (Å²) in [6, 6.07) is 123. The van der Waals surface area contributed by atoms with Crippen LogP contribution in [-0.2, 0) is 22.3 Å². The number of ketones is 1. The van der Waals surface area contributed by atoms with Gasteiger partial charge in [-0.25, -0.2) is 0 Å². The minimum atomic E-state index is -0.446. The van der Waals surface area contributed by atoms with E-state index in [-0.39, 0.29) is 116 Å². The molecule has 0 saturated heterocycles. The summed E-state index contributed by atoms with van der Waals surface area (Å²) < 4.78 is 13.7. The molecule has 0 spiro atoms. The van der Waals surface area contributed by atoms with Crippen LogP contribution in [0.2, 0.25) is 0 Å². The third-order valence-electron chi connectivity index (χ3n) is 16.8. The fraction of sp³-hybridized carbons (Fsp3) is 0.182. The molecule has 610 valence electrons. The molecule has 0 saturated carbocycles. The van der Waals surface area contributed by atoms with Crippen LogP contribution in [0.15, 0.2) is 364 Å². The molecular weight excluding hydrogens is 1960 g/mol. The van der Waals surface area contributed by atoms with Gasteiger partial charge >= 0.3 is 136 Å². The van der Waals surface area contributed by atoms with Crippen molar-refractivity contribution in [1.82, 2.24) is 0 Å². The smallest absolute Gasteiger partial charge is 1.00 e. The molecule has 0 radical (unpaired) electrons. The first-order valence-electron chi connectivity index (χ1n) is 38.4. The third kappa shape index (κ3) is 45.7. The van der Waals surface area contributed by atoms with Gasteiger partial charge in [0.15, 0.2) is 5.78 Å². The van der Waals surface area contributed by atoms with Crippen LogP contribution < -0.4 is 149 Å². The molecule has 13 aromatic carbocycles. The zero-order chi connectivity index (χ0) is 83.3. The summed E-state index contributed by atoms with van der Waals surface area (Å²) in [4.78, 5) is 34.9. The van der Waals surface area contributed by atoms with Gasteiger partial charge in [0.05, 0.1) is 13.2 Å². The molecule has 0 fully saturated rings. The summed E-state index contributed by atoms with van der Waals surface area (Å²) >= 11 is 13.8. The van der Waals surface area contributed by atoms with Gasteiger partial charge in [0.1, 0.15) is 17.2 Å². The van der Waals surface area contributed by atoms with Crippen molar-refractivity contribution in [2.45, 2.75) is 97.8 Å². The van der Waals surface area contributed by atoms with E-state index in [0.717, 1.165) is 50.4 Å². The normalized spacial score (nSPS) is 9.83. The van der Waals surface area contributed by atoms with Crippen molar-refractivity contribution in [3.05, 3.63) is 388 Å². The fourth-order valence-electron chi connectivity index (χ4n) is 11.1. The molecule has 0 amide bonds. The van der Waals surface area contributed by atoms with Crippen LogP contribution in [0.5, 0.6) is 17.2 Å². The maximum absolute atomic E-state index is 12.8. The number of halogens is 6. The van der Waals surface area contributed by atoms with E-state index < -0.39 is 21.1 Å². The van der Waals surface area contributed by atoms with Gasteiger partial charge in [-0.15, -0.1) is 0 Å². The Morgan fingerprint density at radius 1 is 0.390 bits per heavy atom. The monoisotopic (exact) mass is 2050 g/mol. The summed E-state index contributed by atoms with van der Waals surface area (Å²) in [6.45, 7) is 8.01. The van der Waals surface area contributed by atoms with Crippen molar-refractivity contribution in [3.63, 3.8) is 0 Å². The molecule has 0 aliphatic heterocycles. The number of hydrogen-bond donors (Lipinski definition) is 1. The maximum Gasteiger partial charge on any atom is 1.00 e. The number of phenols is 1. The van der Waals surface area contributed by atoms with E-state index >= 15 is 0 Å². The van der Waals surface area contributed by atoms with Gasteiger partial charge in [0, 0.05) is 29.2 Å². The van der Waals surface area contributed by atoms with Gasteiger partial charge in [0.25, 0.3) is 11.7 Å². The van der Waals surface area contributed by atoms with Crippen LogP contribution >= 0.6 is 109 Å². The van der Waals surface area contributed by atoms with Crippen molar-refractivity contribution >= 4 is 158 Å². The summed E-state index contributed by atoms with van der Waals surface area (Å²) in [5.74, 6) is 2.11. The second-order valence-corrected chi connectivity index (χ2v) is 35.1. The Labute approximate surface area is 845 Å². The molecule has 0 unspecified atom stereocenters. The van der Waals surface area contributed by atoms with Crippen LogP contribution in [0, 0.1) is 7.14 Å². The van der Waals surface area contributed by atoms with E-state index in [0.29, 0.717) is 41.7 Å². The largest absolute Gasteiger partial charge is 1.00 e. The van der Waals surface area contributed by atoms with E-state index in [4.69, 9.17) is 56.6 Å². The van der Waals surface area contributed by atoms with Crippen LogP contribution in [0.25, 0.3) is 22.3 Å². The predicted octanol–water partition coefficient (Wildman–Crippen LogP) is 20.3. The van der Waals surface area contributed by atoms with Gasteiger partial charge in [0.2, 0.25) is 0 Å². The number of unbranched alkanes of at least 4 members (excludes halogenated alkanes) is 9. The average molecular weight is 2060 g/mol. The van der Waals surface area contributed by atoms with E-state index in [2.05, 4.69) is 293 Å². The standard InChI is InChI=1S/C25H26O2.2C18H15P.C13H9ClO.C12H17IO.C6H13Br.C6H5IO.CH2O3.2ClH.2K.Ni.H/c1-2-3-4-8-18-27-24-13-9-12-23(19-24)25(26)22-16-14-21(15-17-22)20-10-6-5-7-11-20;2*1-4-10-16(11-5-1)19(17-12-6-2-7-13-17)18-14-8-3-9-15-18;14-13(15)12-8-6-11(7-9-12)10-4-2-1-3-5-10;1-2-3-4-5-9-14-12-8-6-7-11(13)10-12;1-2-3-4-5-6-7;7-5-2-1-3-6(8)4-5;2-1-4-3;;;;;;/h5-7,9-17,19H,2-4,8,18H2,1H3;2*1-15H;1-9H;6-8,10H,2-5,9H2,1H3;2-6H2,1H3;1-4,8H;1,3H;2*1H;;;;/q;;;;;;;;;;2*+1;+2;-1/p-3. The van der Waals surface area contributed by atoms with Crippen LogP contribution in [0.4, 0.5) is 0 Å². The molecular formula is C99H102BrCl3I2K2NiO8P2. The first-order valence-corrected chi connectivity index (χ1v) is 47.5. The van der Waals surface area contributed by atoms with Gasteiger partial charge in [-0.2, -0.15) is 0 Å². The van der Waals surface area contributed by atoms with Crippen molar-refractivity contribution < 1.29 is 156 Å². The second-order valence-electron chi connectivity index (χ2n) is 25.4. The molecule has 0 bridgehead atoms. The van der Waals surface area contributed by atoms with Gasteiger partial charge in [-0.3, -0.25) is 14.4 Å². The van der Waals surface area contributed by atoms with E-state index in [1.807, 2.05) is 133 Å².